The number of rotatable bonds is 4. The van der Waals surface area contributed by atoms with Gasteiger partial charge in [0, 0.05) is 22.3 Å². The minimum Gasteiger partial charge on any atom is -0.383 e. The van der Waals surface area contributed by atoms with Crippen LogP contribution in [0.25, 0.3) is 11.0 Å². The Morgan fingerprint density at radius 2 is 1.89 bits per heavy atom. The first-order valence-electron chi connectivity index (χ1n) is 8.10. The van der Waals surface area contributed by atoms with Gasteiger partial charge < -0.3 is 15.6 Å². The molecule has 0 atom stereocenters. The van der Waals surface area contributed by atoms with Crippen LogP contribution in [-0.4, -0.2) is 11.0 Å². The molecular formula is C20H14ClFN4O. The predicted molar refractivity (Wildman–Crippen MR) is 106 cm³/mol. The SMILES string of the molecule is NC(=Nc1cc(Cl)cc(Nc2noc3cc(F)ccc23)c1)c1ccccc1. The lowest BCUT2D eigenvalue weighted by Crippen LogP contribution is -2.12. The highest BCUT2D eigenvalue weighted by atomic mass is 35.5. The molecule has 4 rings (SSSR count). The second-order valence-electron chi connectivity index (χ2n) is 5.86. The number of aliphatic imine (C=N–C) groups is 1. The van der Waals surface area contributed by atoms with Crippen LogP contribution in [0.1, 0.15) is 5.56 Å². The van der Waals surface area contributed by atoms with E-state index in [0.717, 1.165) is 5.56 Å². The van der Waals surface area contributed by atoms with Crippen LogP contribution in [0.4, 0.5) is 21.6 Å². The van der Waals surface area contributed by atoms with E-state index in [9.17, 15) is 4.39 Å². The van der Waals surface area contributed by atoms with Crippen molar-refractivity contribution in [3.63, 3.8) is 0 Å². The summed E-state index contributed by atoms with van der Waals surface area (Å²) in [5.74, 6) is 0.449. The van der Waals surface area contributed by atoms with Gasteiger partial charge in [0.15, 0.2) is 11.4 Å². The van der Waals surface area contributed by atoms with Gasteiger partial charge in [0.25, 0.3) is 0 Å². The zero-order valence-electron chi connectivity index (χ0n) is 14.0. The summed E-state index contributed by atoms with van der Waals surface area (Å²) in [5, 5.41) is 8.20. The van der Waals surface area contributed by atoms with Gasteiger partial charge >= 0.3 is 0 Å². The first kappa shape index (κ1) is 17.1. The summed E-state index contributed by atoms with van der Waals surface area (Å²) in [6, 6.07) is 18.9. The van der Waals surface area contributed by atoms with Crippen LogP contribution in [0.5, 0.6) is 0 Å². The maximum Gasteiger partial charge on any atom is 0.181 e. The number of nitrogens with one attached hydrogen (secondary N) is 1. The number of halogens is 2. The van der Waals surface area contributed by atoms with Crippen molar-refractivity contribution in [2.45, 2.75) is 0 Å². The smallest absolute Gasteiger partial charge is 0.181 e. The fourth-order valence-electron chi connectivity index (χ4n) is 2.66. The topological polar surface area (TPSA) is 76.4 Å². The number of nitrogens with zero attached hydrogens (tertiary/aromatic N) is 2. The molecule has 0 radical (unpaired) electrons. The Hall–Kier alpha value is -3.38. The monoisotopic (exact) mass is 380 g/mol. The van der Waals surface area contributed by atoms with Crippen molar-refractivity contribution in [2.24, 2.45) is 10.7 Å². The van der Waals surface area contributed by atoms with E-state index >= 15 is 0 Å². The fraction of sp³-hybridized carbons (Fsp3) is 0. The quantitative estimate of drug-likeness (QED) is 0.367. The second kappa shape index (κ2) is 7.09. The molecule has 0 aliphatic carbocycles. The Balaban J connectivity index is 1.66. The second-order valence-corrected chi connectivity index (χ2v) is 6.29. The van der Waals surface area contributed by atoms with Gasteiger partial charge in [-0.05, 0) is 30.3 Å². The largest absolute Gasteiger partial charge is 0.383 e. The number of benzene rings is 3. The zero-order chi connectivity index (χ0) is 18.8. The van der Waals surface area contributed by atoms with Gasteiger partial charge in [0.1, 0.15) is 11.7 Å². The maximum atomic E-state index is 13.3. The van der Waals surface area contributed by atoms with E-state index in [4.69, 9.17) is 21.9 Å². The van der Waals surface area contributed by atoms with Crippen molar-refractivity contribution in [3.05, 3.63) is 83.1 Å². The average molecular weight is 381 g/mol. The van der Waals surface area contributed by atoms with E-state index in [-0.39, 0.29) is 5.82 Å². The maximum absolute atomic E-state index is 13.3. The average Bonchev–Trinajstić information content (AvgIpc) is 3.03. The van der Waals surface area contributed by atoms with Gasteiger partial charge in [-0.1, -0.05) is 47.1 Å². The Morgan fingerprint density at radius 3 is 2.70 bits per heavy atom. The molecule has 0 aliphatic heterocycles. The molecule has 1 heterocycles. The van der Waals surface area contributed by atoms with Crippen LogP contribution >= 0.6 is 11.6 Å². The standard InChI is InChI=1S/C20H14ClFN4O/c21-13-8-15(24-19(23)12-4-2-1-3-5-12)11-16(9-13)25-20-17-7-6-14(22)10-18(17)27-26-20/h1-11H,(H2,23,24)(H,25,26). The number of anilines is 2. The molecule has 3 N–H and O–H groups in total. The summed E-state index contributed by atoms with van der Waals surface area (Å²) in [7, 11) is 0. The van der Waals surface area contributed by atoms with Crippen molar-refractivity contribution < 1.29 is 8.91 Å². The van der Waals surface area contributed by atoms with Crippen LogP contribution in [0.2, 0.25) is 5.02 Å². The number of fused-ring (bicyclic) bond motifs is 1. The Morgan fingerprint density at radius 1 is 1.07 bits per heavy atom. The van der Waals surface area contributed by atoms with E-state index in [1.807, 2.05) is 30.3 Å². The first-order valence-corrected chi connectivity index (χ1v) is 8.48. The van der Waals surface area contributed by atoms with Crippen molar-refractivity contribution >= 4 is 45.6 Å². The van der Waals surface area contributed by atoms with Crippen molar-refractivity contribution in [1.29, 1.82) is 0 Å². The molecule has 1 aromatic heterocycles. The molecule has 0 spiro atoms. The summed E-state index contributed by atoms with van der Waals surface area (Å²) in [4.78, 5) is 4.43. The molecule has 134 valence electrons. The molecule has 0 amide bonds. The molecule has 0 fully saturated rings. The summed E-state index contributed by atoms with van der Waals surface area (Å²) in [5.41, 5.74) is 8.49. The van der Waals surface area contributed by atoms with E-state index in [1.165, 1.54) is 12.1 Å². The first-order chi connectivity index (χ1) is 13.1. The molecule has 0 saturated carbocycles. The molecule has 4 aromatic rings. The van der Waals surface area contributed by atoms with Gasteiger partial charge in [-0.3, -0.25) is 0 Å². The summed E-state index contributed by atoms with van der Waals surface area (Å²) >= 11 is 6.22. The Bertz CT molecular complexity index is 1140. The summed E-state index contributed by atoms with van der Waals surface area (Å²) in [6.45, 7) is 0. The van der Waals surface area contributed by atoms with Crippen molar-refractivity contribution in [3.8, 4) is 0 Å². The number of nitrogens with two attached hydrogens (primary N) is 1. The van der Waals surface area contributed by atoms with Gasteiger partial charge in [0.2, 0.25) is 0 Å². The molecule has 0 aliphatic rings. The van der Waals surface area contributed by atoms with Gasteiger partial charge in [-0.15, -0.1) is 0 Å². The normalized spacial score (nSPS) is 11.7. The van der Waals surface area contributed by atoms with Crippen LogP contribution in [-0.2, 0) is 0 Å². The lowest BCUT2D eigenvalue weighted by atomic mass is 10.2. The minimum atomic E-state index is -0.388. The summed E-state index contributed by atoms with van der Waals surface area (Å²) in [6.07, 6.45) is 0. The van der Waals surface area contributed by atoms with Crippen LogP contribution in [0, 0.1) is 5.82 Å². The number of hydrogen-bond acceptors (Lipinski definition) is 4. The molecule has 3 aromatic carbocycles. The third-order valence-corrected chi connectivity index (χ3v) is 4.12. The zero-order valence-corrected chi connectivity index (χ0v) is 14.7. The number of amidine groups is 1. The van der Waals surface area contributed by atoms with Gasteiger partial charge in [-0.25, -0.2) is 9.38 Å². The van der Waals surface area contributed by atoms with E-state index in [1.54, 1.807) is 24.3 Å². The van der Waals surface area contributed by atoms with Crippen molar-refractivity contribution in [1.82, 2.24) is 5.16 Å². The molecule has 27 heavy (non-hydrogen) atoms. The highest BCUT2D eigenvalue weighted by molar-refractivity contribution is 6.31. The minimum absolute atomic E-state index is 0.353. The highest BCUT2D eigenvalue weighted by Crippen LogP contribution is 2.30. The third kappa shape index (κ3) is 3.75. The lowest BCUT2D eigenvalue weighted by molar-refractivity contribution is 0.458. The van der Waals surface area contributed by atoms with E-state index in [0.29, 0.717) is 39.0 Å². The molecular weight excluding hydrogens is 367 g/mol. The fourth-order valence-corrected chi connectivity index (χ4v) is 2.89. The molecule has 7 heteroatoms. The summed E-state index contributed by atoms with van der Waals surface area (Å²) < 4.78 is 18.4. The number of hydrogen-bond donors (Lipinski definition) is 2. The number of aromatic nitrogens is 1. The molecule has 0 unspecified atom stereocenters. The predicted octanol–water partition coefficient (Wildman–Crippen LogP) is 5.40. The van der Waals surface area contributed by atoms with Crippen LogP contribution in [0.15, 0.2) is 76.2 Å². The lowest BCUT2D eigenvalue weighted by Gasteiger charge is -2.06. The van der Waals surface area contributed by atoms with E-state index < -0.39 is 0 Å². The van der Waals surface area contributed by atoms with Crippen LogP contribution in [0.3, 0.4) is 0 Å². The molecule has 5 nitrogen and oxygen atoms in total. The molecule has 0 saturated heterocycles. The third-order valence-electron chi connectivity index (χ3n) is 3.90. The van der Waals surface area contributed by atoms with E-state index in [2.05, 4.69) is 15.5 Å². The Labute approximate surface area is 159 Å². The van der Waals surface area contributed by atoms with Gasteiger partial charge in [-0.2, -0.15) is 0 Å². The van der Waals surface area contributed by atoms with Crippen molar-refractivity contribution in [2.75, 3.05) is 5.32 Å². The Kier molecular flexibility index (Phi) is 4.48. The van der Waals surface area contributed by atoms with Gasteiger partial charge in [0.05, 0.1) is 11.1 Å². The molecule has 0 bridgehead atoms. The van der Waals surface area contributed by atoms with Crippen LogP contribution < -0.4 is 11.1 Å². The highest BCUT2D eigenvalue weighted by Gasteiger charge is 2.10.